The number of benzene rings is 1. The van der Waals surface area contributed by atoms with Crippen molar-refractivity contribution in [2.45, 2.75) is 32.6 Å². The number of morpholine rings is 1. The van der Waals surface area contributed by atoms with Crippen LogP contribution in [0.1, 0.15) is 29.8 Å². The molecular weight excluding hydrogens is 306 g/mol. The van der Waals surface area contributed by atoms with Crippen molar-refractivity contribution in [3.63, 3.8) is 0 Å². The molecule has 1 aromatic carbocycles. The maximum atomic E-state index is 12.6. The quantitative estimate of drug-likeness (QED) is 0.820. The van der Waals surface area contributed by atoms with Crippen LogP contribution in [0.4, 0.5) is 4.79 Å². The van der Waals surface area contributed by atoms with E-state index in [1.54, 1.807) is 12.1 Å². The van der Waals surface area contributed by atoms with Crippen molar-refractivity contribution >= 4 is 11.9 Å². The number of terminal acetylenes is 1. The molecule has 1 heterocycles. The average Bonchev–Trinajstić information content (AvgIpc) is 2.57. The van der Waals surface area contributed by atoms with E-state index in [1.807, 2.05) is 30.9 Å². The maximum absolute atomic E-state index is 12.6. The molecule has 0 aromatic heterocycles. The highest BCUT2D eigenvalue weighted by molar-refractivity contribution is 5.94. The lowest BCUT2D eigenvalue weighted by molar-refractivity contribution is -0.0586. The Morgan fingerprint density at radius 2 is 1.83 bits per heavy atom. The smallest absolute Gasteiger partial charge is 0.315 e. The number of hydrogen-bond acceptors (Lipinski definition) is 3. The molecular formula is C18H23N3O3. The van der Waals surface area contributed by atoms with Crippen LogP contribution < -0.4 is 10.6 Å². The van der Waals surface area contributed by atoms with E-state index in [0.29, 0.717) is 25.2 Å². The first kappa shape index (κ1) is 17.8. The van der Waals surface area contributed by atoms with E-state index in [9.17, 15) is 9.59 Å². The summed E-state index contributed by atoms with van der Waals surface area (Å²) in [5.74, 6) is 2.33. The zero-order valence-corrected chi connectivity index (χ0v) is 14.0. The fraction of sp³-hybridized carbons (Fsp3) is 0.444. The monoisotopic (exact) mass is 329 g/mol. The molecule has 0 saturated carbocycles. The second kappa shape index (κ2) is 8.37. The summed E-state index contributed by atoms with van der Waals surface area (Å²) in [5.41, 5.74) is 1.54. The van der Waals surface area contributed by atoms with Gasteiger partial charge in [0.05, 0.1) is 18.8 Å². The van der Waals surface area contributed by atoms with Gasteiger partial charge in [0.2, 0.25) is 0 Å². The van der Waals surface area contributed by atoms with Crippen molar-refractivity contribution in [1.82, 2.24) is 15.5 Å². The van der Waals surface area contributed by atoms with Gasteiger partial charge in [-0.05, 0) is 31.5 Å². The highest BCUT2D eigenvalue weighted by Gasteiger charge is 2.26. The maximum Gasteiger partial charge on any atom is 0.315 e. The van der Waals surface area contributed by atoms with Gasteiger partial charge in [-0.2, -0.15) is 0 Å². The molecule has 1 fully saturated rings. The second-order valence-corrected chi connectivity index (χ2v) is 5.90. The predicted octanol–water partition coefficient (Wildman–Crippen LogP) is 1.37. The number of nitrogens with one attached hydrogen (secondary N) is 2. The van der Waals surface area contributed by atoms with Crippen molar-refractivity contribution < 1.29 is 14.3 Å². The molecule has 1 saturated heterocycles. The zero-order chi connectivity index (χ0) is 17.5. The standard InChI is InChI=1S/C18H23N3O3/c1-4-9-19-18(23)20-10-15-5-7-16(8-6-15)17(22)21-11-13(2)24-14(3)12-21/h1,5-8,13-14H,9-12H2,2-3H3,(H2,19,20,23)/t13-,14-/m0/s1. The normalized spacial score (nSPS) is 20.1. The SMILES string of the molecule is C#CCNC(=O)NCc1ccc(C(=O)N2C[C@H](C)O[C@@H](C)C2)cc1. The summed E-state index contributed by atoms with van der Waals surface area (Å²) in [6, 6.07) is 6.92. The van der Waals surface area contributed by atoms with Gasteiger partial charge in [-0.3, -0.25) is 4.79 Å². The summed E-state index contributed by atoms with van der Waals surface area (Å²) in [7, 11) is 0. The number of amides is 3. The van der Waals surface area contributed by atoms with E-state index in [-0.39, 0.29) is 30.7 Å². The van der Waals surface area contributed by atoms with Gasteiger partial charge < -0.3 is 20.3 Å². The van der Waals surface area contributed by atoms with Gasteiger partial charge in [0.1, 0.15) is 0 Å². The van der Waals surface area contributed by atoms with Crippen molar-refractivity contribution in [1.29, 1.82) is 0 Å². The Bertz CT molecular complexity index is 611. The Morgan fingerprint density at radius 1 is 1.21 bits per heavy atom. The molecule has 24 heavy (non-hydrogen) atoms. The largest absolute Gasteiger partial charge is 0.372 e. The van der Waals surface area contributed by atoms with Crippen LogP contribution in [0, 0.1) is 12.3 Å². The summed E-state index contributed by atoms with van der Waals surface area (Å²) in [4.78, 5) is 25.8. The van der Waals surface area contributed by atoms with Crippen LogP contribution in [0.3, 0.4) is 0 Å². The van der Waals surface area contributed by atoms with Crippen LogP contribution in [0.5, 0.6) is 0 Å². The van der Waals surface area contributed by atoms with Gasteiger partial charge in [0.15, 0.2) is 0 Å². The molecule has 0 spiro atoms. The van der Waals surface area contributed by atoms with Crippen LogP contribution >= 0.6 is 0 Å². The molecule has 0 bridgehead atoms. The minimum Gasteiger partial charge on any atom is -0.372 e. The Morgan fingerprint density at radius 3 is 2.42 bits per heavy atom. The molecule has 1 aliphatic heterocycles. The van der Waals surface area contributed by atoms with Gasteiger partial charge in [-0.15, -0.1) is 6.42 Å². The molecule has 0 unspecified atom stereocenters. The fourth-order valence-corrected chi connectivity index (χ4v) is 2.67. The molecule has 128 valence electrons. The molecule has 0 radical (unpaired) electrons. The number of urea groups is 1. The van der Waals surface area contributed by atoms with Crippen LogP contribution in [0.25, 0.3) is 0 Å². The van der Waals surface area contributed by atoms with E-state index in [0.717, 1.165) is 5.56 Å². The van der Waals surface area contributed by atoms with Gasteiger partial charge in [-0.25, -0.2) is 4.79 Å². The molecule has 2 rings (SSSR count). The first-order valence-corrected chi connectivity index (χ1v) is 7.98. The lowest BCUT2D eigenvalue weighted by Crippen LogP contribution is -2.48. The van der Waals surface area contributed by atoms with Gasteiger partial charge in [-0.1, -0.05) is 18.1 Å². The molecule has 3 amide bonds. The van der Waals surface area contributed by atoms with Crippen molar-refractivity contribution in [2.24, 2.45) is 0 Å². The highest BCUT2D eigenvalue weighted by Crippen LogP contribution is 2.15. The zero-order valence-electron chi connectivity index (χ0n) is 14.0. The van der Waals surface area contributed by atoms with Crippen molar-refractivity contribution in [2.75, 3.05) is 19.6 Å². The number of carbonyl (C=O) groups is 2. The number of hydrogen-bond donors (Lipinski definition) is 2. The van der Waals surface area contributed by atoms with E-state index >= 15 is 0 Å². The summed E-state index contributed by atoms with van der Waals surface area (Å²) < 4.78 is 5.65. The topological polar surface area (TPSA) is 70.7 Å². The lowest BCUT2D eigenvalue weighted by Gasteiger charge is -2.35. The number of nitrogens with zero attached hydrogens (tertiary/aromatic N) is 1. The van der Waals surface area contributed by atoms with E-state index < -0.39 is 0 Å². The van der Waals surface area contributed by atoms with Gasteiger partial charge in [0, 0.05) is 25.2 Å². The lowest BCUT2D eigenvalue weighted by atomic mass is 10.1. The Balaban J connectivity index is 1.90. The first-order chi connectivity index (χ1) is 11.5. The Hall–Kier alpha value is -2.52. The minimum absolute atomic E-state index is 0.00303. The summed E-state index contributed by atoms with van der Waals surface area (Å²) >= 11 is 0. The van der Waals surface area contributed by atoms with E-state index in [2.05, 4.69) is 16.6 Å². The first-order valence-electron chi connectivity index (χ1n) is 7.98. The summed E-state index contributed by atoms with van der Waals surface area (Å²) in [5, 5.41) is 5.22. The minimum atomic E-state index is -0.315. The van der Waals surface area contributed by atoms with Crippen molar-refractivity contribution in [3.8, 4) is 12.3 Å². The fourth-order valence-electron chi connectivity index (χ4n) is 2.67. The van der Waals surface area contributed by atoms with Crippen LogP contribution in [0.2, 0.25) is 0 Å². The highest BCUT2D eigenvalue weighted by atomic mass is 16.5. The Kier molecular flexibility index (Phi) is 6.21. The van der Waals surface area contributed by atoms with Gasteiger partial charge in [0.25, 0.3) is 5.91 Å². The number of ether oxygens (including phenoxy) is 1. The third-order valence-corrected chi connectivity index (χ3v) is 3.71. The number of carbonyl (C=O) groups excluding carboxylic acids is 2. The Labute approximate surface area is 142 Å². The van der Waals surface area contributed by atoms with E-state index in [4.69, 9.17) is 11.2 Å². The molecule has 1 aromatic rings. The van der Waals surface area contributed by atoms with Crippen LogP contribution in [-0.2, 0) is 11.3 Å². The second-order valence-electron chi connectivity index (χ2n) is 5.90. The molecule has 2 N–H and O–H groups in total. The third-order valence-electron chi connectivity index (χ3n) is 3.71. The molecule has 1 aliphatic rings. The third kappa shape index (κ3) is 5.00. The number of rotatable bonds is 4. The molecule has 2 atom stereocenters. The molecule has 0 aliphatic carbocycles. The predicted molar refractivity (Wildman–Crippen MR) is 91.4 cm³/mol. The van der Waals surface area contributed by atoms with Crippen molar-refractivity contribution in [3.05, 3.63) is 35.4 Å². The van der Waals surface area contributed by atoms with Crippen LogP contribution in [0.15, 0.2) is 24.3 Å². The van der Waals surface area contributed by atoms with Crippen LogP contribution in [-0.4, -0.2) is 48.7 Å². The molecule has 6 heteroatoms. The molecule has 6 nitrogen and oxygen atoms in total. The van der Waals surface area contributed by atoms with E-state index in [1.165, 1.54) is 0 Å². The summed E-state index contributed by atoms with van der Waals surface area (Å²) in [6.45, 7) is 5.70. The summed E-state index contributed by atoms with van der Waals surface area (Å²) in [6.07, 6.45) is 5.16. The van der Waals surface area contributed by atoms with Gasteiger partial charge >= 0.3 is 6.03 Å². The average molecular weight is 329 g/mol.